The van der Waals surface area contributed by atoms with E-state index in [9.17, 15) is 9.59 Å². The van der Waals surface area contributed by atoms with Gasteiger partial charge in [-0.3, -0.25) is 14.6 Å². The summed E-state index contributed by atoms with van der Waals surface area (Å²) in [5.74, 6) is -0.320. The van der Waals surface area contributed by atoms with Gasteiger partial charge in [0, 0.05) is 42.2 Å². The highest BCUT2D eigenvalue weighted by Crippen LogP contribution is 2.26. The minimum atomic E-state index is -0.181. The summed E-state index contributed by atoms with van der Waals surface area (Å²) in [7, 11) is 0. The molecule has 27 heavy (non-hydrogen) atoms. The van der Waals surface area contributed by atoms with Crippen LogP contribution in [0.4, 0.5) is 11.4 Å². The average Bonchev–Trinajstić information content (AvgIpc) is 2.65. The van der Waals surface area contributed by atoms with Gasteiger partial charge in [0.15, 0.2) is 0 Å². The van der Waals surface area contributed by atoms with E-state index in [-0.39, 0.29) is 24.8 Å². The summed E-state index contributed by atoms with van der Waals surface area (Å²) in [5.41, 5.74) is 2.93. The first kappa shape index (κ1) is 18.9. The molecule has 0 radical (unpaired) electrons. The Balaban J connectivity index is 1.76. The van der Waals surface area contributed by atoms with E-state index in [1.54, 1.807) is 29.3 Å². The third-order valence-corrected chi connectivity index (χ3v) is 4.80. The molecule has 2 aromatic carbocycles. The number of anilines is 2. The Labute approximate surface area is 163 Å². The normalized spacial score (nSPS) is 10.6. The standard InChI is InChI=1S/C21H20ClN3O2/c1-14-17(22)8-4-9-18(14)24-20(27)11-13-25(15(2)26)19-10-3-6-16-7-5-12-23-21(16)19/h3-10,12H,11,13H2,1-2H3,(H,24,27). The molecule has 0 bridgehead atoms. The Morgan fingerprint density at radius 2 is 1.85 bits per heavy atom. The molecule has 6 heteroatoms. The van der Waals surface area contributed by atoms with Crippen LogP contribution in [0.1, 0.15) is 18.9 Å². The molecule has 0 saturated heterocycles. The maximum Gasteiger partial charge on any atom is 0.226 e. The molecule has 0 unspecified atom stereocenters. The summed E-state index contributed by atoms with van der Waals surface area (Å²) < 4.78 is 0. The summed E-state index contributed by atoms with van der Waals surface area (Å²) in [6.45, 7) is 3.60. The van der Waals surface area contributed by atoms with Gasteiger partial charge >= 0.3 is 0 Å². The second-order valence-electron chi connectivity index (χ2n) is 6.23. The fourth-order valence-electron chi connectivity index (χ4n) is 2.92. The van der Waals surface area contributed by atoms with Crippen molar-refractivity contribution in [2.24, 2.45) is 0 Å². The zero-order valence-corrected chi connectivity index (χ0v) is 16.0. The lowest BCUT2D eigenvalue weighted by molar-refractivity contribution is -0.117. The van der Waals surface area contributed by atoms with E-state index < -0.39 is 0 Å². The van der Waals surface area contributed by atoms with Gasteiger partial charge < -0.3 is 10.2 Å². The van der Waals surface area contributed by atoms with Crippen molar-refractivity contribution >= 4 is 45.7 Å². The molecule has 138 valence electrons. The van der Waals surface area contributed by atoms with Gasteiger partial charge in [0.2, 0.25) is 11.8 Å². The maximum atomic E-state index is 12.4. The quantitative estimate of drug-likeness (QED) is 0.703. The number of rotatable bonds is 5. The van der Waals surface area contributed by atoms with Crippen molar-refractivity contribution in [3.05, 3.63) is 65.3 Å². The van der Waals surface area contributed by atoms with Crippen LogP contribution in [0.3, 0.4) is 0 Å². The number of para-hydroxylation sites is 1. The molecular weight excluding hydrogens is 362 g/mol. The van der Waals surface area contributed by atoms with Crippen LogP contribution >= 0.6 is 11.6 Å². The molecular formula is C21H20ClN3O2. The highest BCUT2D eigenvalue weighted by atomic mass is 35.5. The van der Waals surface area contributed by atoms with Crippen LogP contribution in [-0.2, 0) is 9.59 Å². The van der Waals surface area contributed by atoms with Crippen molar-refractivity contribution in [1.29, 1.82) is 0 Å². The summed E-state index contributed by atoms with van der Waals surface area (Å²) in [6, 6.07) is 14.8. The van der Waals surface area contributed by atoms with E-state index in [0.717, 1.165) is 16.5 Å². The van der Waals surface area contributed by atoms with Crippen molar-refractivity contribution in [3.63, 3.8) is 0 Å². The molecule has 0 fully saturated rings. The largest absolute Gasteiger partial charge is 0.326 e. The number of hydrogen-bond acceptors (Lipinski definition) is 3. The lowest BCUT2D eigenvalue weighted by Crippen LogP contribution is -2.32. The summed E-state index contributed by atoms with van der Waals surface area (Å²) in [6.07, 6.45) is 1.85. The Hall–Kier alpha value is -2.92. The van der Waals surface area contributed by atoms with Crippen LogP contribution in [-0.4, -0.2) is 23.3 Å². The molecule has 5 nitrogen and oxygen atoms in total. The second-order valence-corrected chi connectivity index (χ2v) is 6.64. The maximum absolute atomic E-state index is 12.4. The lowest BCUT2D eigenvalue weighted by atomic mass is 10.1. The van der Waals surface area contributed by atoms with Crippen LogP contribution < -0.4 is 10.2 Å². The Morgan fingerprint density at radius 1 is 1.11 bits per heavy atom. The summed E-state index contributed by atoms with van der Waals surface area (Å²) >= 11 is 6.09. The molecule has 3 rings (SSSR count). The Kier molecular flexibility index (Phi) is 5.72. The van der Waals surface area contributed by atoms with Gasteiger partial charge in [-0.05, 0) is 36.8 Å². The molecule has 1 aromatic heterocycles. The number of fused-ring (bicyclic) bond motifs is 1. The van der Waals surface area contributed by atoms with Crippen molar-refractivity contribution in [3.8, 4) is 0 Å². The Morgan fingerprint density at radius 3 is 2.63 bits per heavy atom. The van der Waals surface area contributed by atoms with Gasteiger partial charge in [-0.1, -0.05) is 35.9 Å². The third-order valence-electron chi connectivity index (χ3n) is 4.39. The first-order valence-electron chi connectivity index (χ1n) is 8.64. The van der Waals surface area contributed by atoms with Gasteiger partial charge in [0.05, 0.1) is 11.2 Å². The van der Waals surface area contributed by atoms with Crippen molar-refractivity contribution in [1.82, 2.24) is 4.98 Å². The number of nitrogens with zero attached hydrogens (tertiary/aromatic N) is 2. The first-order chi connectivity index (χ1) is 13.0. The topological polar surface area (TPSA) is 62.3 Å². The minimum Gasteiger partial charge on any atom is -0.326 e. The van der Waals surface area contributed by atoms with Gasteiger partial charge in [-0.2, -0.15) is 0 Å². The van der Waals surface area contributed by atoms with Gasteiger partial charge in [-0.25, -0.2) is 0 Å². The predicted molar refractivity (Wildman–Crippen MR) is 109 cm³/mol. The van der Waals surface area contributed by atoms with Crippen LogP contribution in [0.25, 0.3) is 10.9 Å². The SMILES string of the molecule is CC(=O)N(CCC(=O)Nc1cccc(Cl)c1C)c1cccc2cccnc12. The molecule has 0 aliphatic rings. The number of aromatic nitrogens is 1. The van der Waals surface area contributed by atoms with Crippen LogP contribution in [0.2, 0.25) is 5.02 Å². The molecule has 0 aliphatic carbocycles. The number of amides is 2. The average molecular weight is 382 g/mol. The van der Waals surface area contributed by atoms with Gasteiger partial charge in [0.25, 0.3) is 0 Å². The number of pyridine rings is 1. The fraction of sp³-hybridized carbons (Fsp3) is 0.190. The van der Waals surface area contributed by atoms with Gasteiger partial charge in [-0.15, -0.1) is 0 Å². The summed E-state index contributed by atoms with van der Waals surface area (Å²) in [4.78, 5) is 30.6. The van der Waals surface area contributed by atoms with E-state index in [1.165, 1.54) is 6.92 Å². The van der Waals surface area contributed by atoms with Crippen LogP contribution in [0, 0.1) is 6.92 Å². The van der Waals surface area contributed by atoms with Crippen LogP contribution in [0.5, 0.6) is 0 Å². The van der Waals surface area contributed by atoms with E-state index in [4.69, 9.17) is 11.6 Å². The molecule has 1 N–H and O–H groups in total. The number of carbonyl (C=O) groups is 2. The zero-order valence-electron chi connectivity index (χ0n) is 15.2. The number of hydrogen-bond donors (Lipinski definition) is 1. The summed E-state index contributed by atoms with van der Waals surface area (Å²) in [5, 5.41) is 4.40. The van der Waals surface area contributed by atoms with E-state index >= 15 is 0 Å². The highest BCUT2D eigenvalue weighted by molar-refractivity contribution is 6.31. The second kappa shape index (κ2) is 8.18. The highest BCUT2D eigenvalue weighted by Gasteiger charge is 2.17. The number of benzene rings is 2. The van der Waals surface area contributed by atoms with Crippen molar-refractivity contribution < 1.29 is 9.59 Å². The number of nitrogens with one attached hydrogen (secondary N) is 1. The van der Waals surface area contributed by atoms with E-state index in [1.807, 2.05) is 37.3 Å². The van der Waals surface area contributed by atoms with Crippen molar-refractivity contribution in [2.45, 2.75) is 20.3 Å². The Bertz CT molecular complexity index is 998. The predicted octanol–water partition coefficient (Wildman–Crippen LogP) is 4.58. The minimum absolute atomic E-state index is 0.139. The van der Waals surface area contributed by atoms with Crippen molar-refractivity contribution in [2.75, 3.05) is 16.8 Å². The molecule has 0 spiro atoms. The van der Waals surface area contributed by atoms with E-state index in [2.05, 4.69) is 10.3 Å². The molecule has 0 saturated carbocycles. The number of carbonyl (C=O) groups excluding carboxylic acids is 2. The lowest BCUT2D eigenvalue weighted by Gasteiger charge is -2.22. The molecule has 2 amide bonds. The first-order valence-corrected chi connectivity index (χ1v) is 9.02. The fourth-order valence-corrected chi connectivity index (χ4v) is 3.10. The van der Waals surface area contributed by atoms with Gasteiger partial charge in [0.1, 0.15) is 0 Å². The zero-order chi connectivity index (χ0) is 19.4. The molecule has 1 heterocycles. The van der Waals surface area contributed by atoms with E-state index in [0.29, 0.717) is 16.4 Å². The van der Waals surface area contributed by atoms with Crippen LogP contribution in [0.15, 0.2) is 54.7 Å². The molecule has 0 atom stereocenters. The third kappa shape index (κ3) is 4.26. The molecule has 3 aromatic rings. The number of halogens is 1. The monoisotopic (exact) mass is 381 g/mol. The smallest absolute Gasteiger partial charge is 0.226 e. The molecule has 0 aliphatic heterocycles.